The van der Waals surface area contributed by atoms with Crippen molar-refractivity contribution >= 4 is 33.3 Å². The maximum Gasteiger partial charge on any atom is 0.158 e. The first kappa shape index (κ1) is 13.1. The average molecular weight is 311 g/mol. The first-order chi connectivity index (χ1) is 11.9. The van der Waals surface area contributed by atoms with Crippen LogP contribution < -0.4 is 0 Å². The molecule has 0 radical (unpaired) electrons. The number of nitroso groups, excluding NO2 is 1. The van der Waals surface area contributed by atoms with Gasteiger partial charge in [0.15, 0.2) is 5.69 Å². The zero-order chi connectivity index (χ0) is 16.1. The number of hydrogen-bond acceptors (Lipinski definition) is 2. The number of H-pyrrole nitrogens is 1. The van der Waals surface area contributed by atoms with Gasteiger partial charge in [-0.2, -0.15) is 0 Å². The Hall–Kier alpha value is -3.40. The average Bonchev–Trinajstić information content (AvgIpc) is 3.16. The van der Waals surface area contributed by atoms with E-state index in [2.05, 4.69) is 32.8 Å². The predicted molar refractivity (Wildman–Crippen MR) is 97.7 cm³/mol. The highest BCUT2D eigenvalue weighted by molar-refractivity contribution is 6.05. The third-order valence-corrected chi connectivity index (χ3v) is 4.54. The topological polar surface area (TPSA) is 49.6 Å². The van der Waals surface area contributed by atoms with Crippen LogP contribution in [0.25, 0.3) is 38.7 Å². The maximum absolute atomic E-state index is 11.4. The largest absolute Gasteiger partial charge is 0.338 e. The number of nitrogens with one attached hydrogen (secondary N) is 1. The molecule has 0 saturated carbocycles. The number of nitrogens with zero attached hydrogens (tertiary/aromatic N) is 2. The molecule has 0 atom stereocenters. The Balaban J connectivity index is 1.94. The summed E-state index contributed by atoms with van der Waals surface area (Å²) in [7, 11) is 0. The van der Waals surface area contributed by atoms with Gasteiger partial charge in [-0.05, 0) is 40.6 Å². The molecule has 0 aliphatic rings. The van der Waals surface area contributed by atoms with Crippen LogP contribution in [-0.4, -0.2) is 9.38 Å². The zero-order valence-electron chi connectivity index (χ0n) is 12.7. The monoisotopic (exact) mass is 311 g/mol. The van der Waals surface area contributed by atoms with Crippen LogP contribution in [0.1, 0.15) is 0 Å². The second-order valence-electron chi connectivity index (χ2n) is 5.86. The Morgan fingerprint density at radius 2 is 1.58 bits per heavy atom. The molecule has 3 aromatic carbocycles. The molecule has 0 bridgehead atoms. The second kappa shape index (κ2) is 4.80. The van der Waals surface area contributed by atoms with Gasteiger partial charge in [-0.25, -0.2) is 0 Å². The molecule has 114 valence electrons. The molecule has 24 heavy (non-hydrogen) atoms. The fourth-order valence-corrected chi connectivity index (χ4v) is 3.44. The third-order valence-electron chi connectivity index (χ3n) is 4.54. The van der Waals surface area contributed by atoms with Crippen LogP contribution in [0.4, 0.5) is 5.69 Å². The lowest BCUT2D eigenvalue weighted by atomic mass is 10.0. The van der Waals surface area contributed by atoms with Gasteiger partial charge in [0.05, 0.1) is 16.6 Å². The summed E-state index contributed by atoms with van der Waals surface area (Å²) in [6.07, 6.45) is 0. The number of imidazole rings is 1. The van der Waals surface area contributed by atoms with E-state index in [-0.39, 0.29) is 0 Å². The van der Waals surface area contributed by atoms with Crippen LogP contribution >= 0.6 is 0 Å². The number of rotatable bonds is 2. The molecule has 2 aromatic heterocycles. The summed E-state index contributed by atoms with van der Waals surface area (Å²) in [5.74, 6) is 0. The molecule has 0 aliphatic heterocycles. The van der Waals surface area contributed by atoms with E-state index in [1.54, 1.807) is 0 Å². The van der Waals surface area contributed by atoms with E-state index in [0.717, 1.165) is 38.7 Å². The SMILES string of the molecule is O=Nc1c2ccc(-c3ccccc3)cc2n2c1[nH]c1ccccc12. The molecule has 5 aromatic rings. The summed E-state index contributed by atoms with van der Waals surface area (Å²) in [5, 5.41) is 4.15. The number of aromatic amines is 1. The third kappa shape index (κ3) is 1.68. The van der Waals surface area contributed by atoms with E-state index in [9.17, 15) is 4.91 Å². The Kier molecular flexibility index (Phi) is 2.61. The molecule has 0 amide bonds. The first-order valence-electron chi connectivity index (χ1n) is 7.80. The highest BCUT2D eigenvalue weighted by atomic mass is 16.3. The molecule has 0 saturated heterocycles. The van der Waals surface area contributed by atoms with Crippen LogP contribution in [-0.2, 0) is 0 Å². The van der Waals surface area contributed by atoms with Gasteiger partial charge in [-0.3, -0.25) is 4.40 Å². The van der Waals surface area contributed by atoms with Crippen molar-refractivity contribution in [3.63, 3.8) is 0 Å². The van der Waals surface area contributed by atoms with Gasteiger partial charge in [0.2, 0.25) is 0 Å². The summed E-state index contributed by atoms with van der Waals surface area (Å²) in [6, 6.07) is 24.4. The van der Waals surface area contributed by atoms with E-state index in [1.807, 2.05) is 54.6 Å². The van der Waals surface area contributed by atoms with Crippen molar-refractivity contribution < 1.29 is 0 Å². The molecular formula is C20H13N3O. The van der Waals surface area contributed by atoms with Gasteiger partial charge >= 0.3 is 0 Å². The Bertz CT molecular complexity index is 1220. The molecule has 2 heterocycles. The molecule has 5 rings (SSSR count). The van der Waals surface area contributed by atoms with E-state index < -0.39 is 0 Å². The Labute approximate surface area is 137 Å². The minimum absolute atomic E-state index is 0.459. The molecular weight excluding hydrogens is 298 g/mol. The summed E-state index contributed by atoms with van der Waals surface area (Å²) < 4.78 is 2.08. The van der Waals surface area contributed by atoms with Gasteiger partial charge in [0.25, 0.3) is 0 Å². The first-order valence-corrected chi connectivity index (χ1v) is 7.80. The van der Waals surface area contributed by atoms with E-state index >= 15 is 0 Å². The minimum atomic E-state index is 0.459. The van der Waals surface area contributed by atoms with Gasteiger partial charge in [-0.15, -0.1) is 4.91 Å². The number of fused-ring (bicyclic) bond motifs is 5. The predicted octanol–water partition coefficient (Wildman–Crippen LogP) is 5.64. The standard InChI is InChI=1S/C20H13N3O/c24-22-19-15-11-10-14(13-6-2-1-3-7-13)12-18(15)23-17-9-5-4-8-16(17)21-20(19)23/h1-12,21H. The van der Waals surface area contributed by atoms with Crippen LogP contribution in [0.3, 0.4) is 0 Å². The molecule has 0 aliphatic carbocycles. The summed E-state index contributed by atoms with van der Waals surface area (Å²) in [6.45, 7) is 0. The lowest BCUT2D eigenvalue weighted by Crippen LogP contribution is -1.82. The summed E-state index contributed by atoms with van der Waals surface area (Å²) >= 11 is 0. The van der Waals surface area contributed by atoms with Crippen LogP contribution in [0.2, 0.25) is 0 Å². The quantitative estimate of drug-likeness (QED) is 0.421. The van der Waals surface area contributed by atoms with E-state index in [1.165, 1.54) is 0 Å². The van der Waals surface area contributed by atoms with E-state index in [4.69, 9.17) is 0 Å². The summed E-state index contributed by atoms with van der Waals surface area (Å²) in [4.78, 5) is 14.8. The number of benzene rings is 3. The Morgan fingerprint density at radius 3 is 2.42 bits per heavy atom. The number of aromatic nitrogens is 2. The highest BCUT2D eigenvalue weighted by Crippen LogP contribution is 2.37. The van der Waals surface area contributed by atoms with Crippen LogP contribution in [0.15, 0.2) is 78.0 Å². The summed E-state index contributed by atoms with van der Waals surface area (Å²) in [5.41, 5.74) is 6.48. The maximum atomic E-state index is 11.4. The fourth-order valence-electron chi connectivity index (χ4n) is 3.44. The highest BCUT2D eigenvalue weighted by Gasteiger charge is 2.17. The van der Waals surface area contributed by atoms with Crippen LogP contribution in [0.5, 0.6) is 0 Å². The molecule has 0 fully saturated rings. The van der Waals surface area contributed by atoms with Crippen molar-refractivity contribution in [2.24, 2.45) is 5.18 Å². The normalized spacial score (nSPS) is 11.5. The van der Waals surface area contributed by atoms with Crippen molar-refractivity contribution in [2.75, 3.05) is 0 Å². The zero-order valence-corrected chi connectivity index (χ0v) is 12.7. The Morgan fingerprint density at radius 1 is 0.792 bits per heavy atom. The number of hydrogen-bond donors (Lipinski definition) is 1. The minimum Gasteiger partial charge on any atom is -0.338 e. The number of para-hydroxylation sites is 2. The van der Waals surface area contributed by atoms with Gasteiger partial charge in [0, 0.05) is 5.39 Å². The lowest BCUT2D eigenvalue weighted by Gasteiger charge is -2.02. The molecule has 4 nitrogen and oxygen atoms in total. The molecule has 0 unspecified atom stereocenters. The molecule has 1 N–H and O–H groups in total. The van der Waals surface area contributed by atoms with Gasteiger partial charge < -0.3 is 4.98 Å². The van der Waals surface area contributed by atoms with E-state index in [0.29, 0.717) is 5.69 Å². The molecule has 4 heteroatoms. The van der Waals surface area contributed by atoms with Crippen molar-refractivity contribution in [3.8, 4) is 11.1 Å². The van der Waals surface area contributed by atoms with Crippen molar-refractivity contribution in [1.29, 1.82) is 0 Å². The van der Waals surface area contributed by atoms with Gasteiger partial charge in [0.1, 0.15) is 5.65 Å². The van der Waals surface area contributed by atoms with Crippen molar-refractivity contribution in [1.82, 2.24) is 9.38 Å². The van der Waals surface area contributed by atoms with Crippen molar-refractivity contribution in [2.45, 2.75) is 0 Å². The fraction of sp³-hybridized carbons (Fsp3) is 0. The van der Waals surface area contributed by atoms with Gasteiger partial charge in [-0.1, -0.05) is 48.5 Å². The lowest BCUT2D eigenvalue weighted by molar-refractivity contribution is 1.32. The van der Waals surface area contributed by atoms with Crippen molar-refractivity contribution in [3.05, 3.63) is 77.7 Å². The second-order valence-corrected chi connectivity index (χ2v) is 5.86. The smallest absolute Gasteiger partial charge is 0.158 e. The molecule has 0 spiro atoms. The van der Waals surface area contributed by atoms with Crippen LogP contribution in [0, 0.1) is 4.91 Å².